The molecule has 8 rings (SSSR count). The van der Waals surface area contributed by atoms with Crippen LogP contribution in [-0.4, -0.2) is 15.2 Å². The Labute approximate surface area is 220 Å². The zero-order valence-electron chi connectivity index (χ0n) is 21.2. The molecule has 1 aliphatic rings. The molecule has 38 heavy (non-hydrogen) atoms. The van der Waals surface area contributed by atoms with Crippen molar-refractivity contribution in [2.45, 2.75) is 19.9 Å². The molecule has 0 atom stereocenters. The number of hydrogen-bond donors (Lipinski definition) is 0. The average Bonchev–Trinajstić information content (AvgIpc) is 3.47. The van der Waals surface area contributed by atoms with Crippen LogP contribution in [-0.2, 0) is 0 Å². The molecule has 7 aromatic rings. The summed E-state index contributed by atoms with van der Waals surface area (Å²) in [6.07, 6.45) is 0. The van der Waals surface area contributed by atoms with Gasteiger partial charge in [0.15, 0.2) is 5.69 Å². The number of benzene rings is 5. The molecule has 0 amide bonds. The molecular weight excluding hydrogens is 464 g/mol. The van der Waals surface area contributed by atoms with Gasteiger partial charge in [0.2, 0.25) is 0 Å². The van der Waals surface area contributed by atoms with E-state index in [-0.39, 0.29) is 6.04 Å². The summed E-state index contributed by atoms with van der Waals surface area (Å²) in [5.74, 6) is 0. The van der Waals surface area contributed by atoms with E-state index in [1.54, 1.807) is 0 Å². The largest absolute Gasteiger partial charge is 0.334 e. The summed E-state index contributed by atoms with van der Waals surface area (Å²) in [7, 11) is 0. The van der Waals surface area contributed by atoms with Crippen LogP contribution in [0, 0.1) is 6.57 Å². The van der Waals surface area contributed by atoms with Gasteiger partial charge in [-0.15, -0.1) is 0 Å². The van der Waals surface area contributed by atoms with Crippen molar-refractivity contribution in [3.8, 4) is 11.4 Å². The Morgan fingerprint density at radius 3 is 1.87 bits per heavy atom. The molecule has 0 N–H and O–H groups in total. The van der Waals surface area contributed by atoms with Gasteiger partial charge in [0, 0.05) is 33.3 Å². The topological polar surface area (TPSA) is 17.5 Å². The van der Waals surface area contributed by atoms with Gasteiger partial charge < -0.3 is 14.0 Å². The molecule has 2 aromatic heterocycles. The third-order valence-electron chi connectivity index (χ3n) is 7.93. The van der Waals surface area contributed by atoms with E-state index in [0.717, 1.165) is 17.1 Å². The van der Waals surface area contributed by atoms with E-state index in [0.29, 0.717) is 5.69 Å². The Balaban J connectivity index is 1.70. The van der Waals surface area contributed by atoms with Crippen LogP contribution in [0.1, 0.15) is 13.8 Å². The van der Waals surface area contributed by atoms with E-state index >= 15 is 0 Å². The van der Waals surface area contributed by atoms with Gasteiger partial charge in [-0.2, -0.15) is 0 Å². The van der Waals surface area contributed by atoms with E-state index in [4.69, 9.17) is 6.57 Å². The van der Waals surface area contributed by atoms with E-state index in [9.17, 15) is 0 Å². The normalized spacial score (nSPS) is 12.6. The first-order valence-electron chi connectivity index (χ1n) is 13.0. The second-order valence-corrected chi connectivity index (χ2v) is 10.3. The van der Waals surface area contributed by atoms with Gasteiger partial charge in [0.05, 0.1) is 45.7 Å². The van der Waals surface area contributed by atoms with Gasteiger partial charge in [-0.1, -0.05) is 60.7 Å². The fourth-order valence-corrected chi connectivity index (χ4v) is 6.49. The highest BCUT2D eigenvalue weighted by Crippen LogP contribution is 2.53. The number of nitrogens with zero attached hydrogens (tertiary/aromatic N) is 4. The van der Waals surface area contributed by atoms with Crippen molar-refractivity contribution >= 4 is 60.7 Å². The molecular formula is C34H24N4. The number of hydrogen-bond acceptors (Lipinski definition) is 1. The van der Waals surface area contributed by atoms with Gasteiger partial charge >= 0.3 is 0 Å². The molecule has 0 bridgehead atoms. The van der Waals surface area contributed by atoms with Gasteiger partial charge in [-0.3, -0.25) is 0 Å². The molecule has 5 aromatic carbocycles. The lowest BCUT2D eigenvalue weighted by Gasteiger charge is -2.37. The fraction of sp³-hybridized carbons (Fsp3) is 0.0882. The summed E-state index contributed by atoms with van der Waals surface area (Å²) in [4.78, 5) is 6.26. The standard InChI is InChI=1S/C34H24N4/c1-21(2)36-30-18-17-22(35-3)19-31(30)38-29-16-10-8-14-25(29)27-20-26-24-13-7-9-15-28(24)37(23-11-5-4-6-12-23)32(26)34(36)33(27)38/h4-21H,1-2H3. The first kappa shape index (κ1) is 21.1. The summed E-state index contributed by atoms with van der Waals surface area (Å²) < 4.78 is 4.81. The Morgan fingerprint density at radius 2 is 1.21 bits per heavy atom. The summed E-state index contributed by atoms with van der Waals surface area (Å²) in [6, 6.07) is 36.8. The maximum Gasteiger partial charge on any atom is 0.189 e. The first-order valence-corrected chi connectivity index (χ1v) is 13.0. The predicted octanol–water partition coefficient (Wildman–Crippen LogP) is 9.29. The molecule has 180 valence electrons. The van der Waals surface area contributed by atoms with Crippen molar-refractivity contribution in [1.29, 1.82) is 0 Å². The van der Waals surface area contributed by atoms with Crippen molar-refractivity contribution in [2.24, 2.45) is 0 Å². The van der Waals surface area contributed by atoms with Crippen LogP contribution in [0.2, 0.25) is 0 Å². The van der Waals surface area contributed by atoms with E-state index in [1.807, 2.05) is 12.1 Å². The lowest BCUT2D eigenvalue weighted by atomic mass is 10.0. The second kappa shape index (κ2) is 7.50. The SMILES string of the molecule is [C-]#[N+]c1ccc2c(c1)-n1c3ccccc3c3cc4c5ccccc5n(-c5ccccc5)c4c(c31)N2C(C)C. The van der Waals surface area contributed by atoms with E-state index in [2.05, 4.69) is 124 Å². The fourth-order valence-electron chi connectivity index (χ4n) is 6.49. The molecule has 0 saturated heterocycles. The number of para-hydroxylation sites is 3. The first-order chi connectivity index (χ1) is 18.7. The highest BCUT2D eigenvalue weighted by Gasteiger charge is 2.33. The number of anilines is 2. The van der Waals surface area contributed by atoms with Gasteiger partial charge in [0.25, 0.3) is 0 Å². The Hall–Kier alpha value is -5.01. The second-order valence-electron chi connectivity index (χ2n) is 10.3. The molecule has 4 heteroatoms. The minimum absolute atomic E-state index is 0.204. The van der Waals surface area contributed by atoms with Crippen molar-refractivity contribution in [2.75, 3.05) is 4.90 Å². The van der Waals surface area contributed by atoms with Crippen LogP contribution in [0.5, 0.6) is 0 Å². The van der Waals surface area contributed by atoms with Gasteiger partial charge in [-0.25, -0.2) is 4.85 Å². The van der Waals surface area contributed by atoms with Gasteiger partial charge in [0.1, 0.15) is 0 Å². The maximum absolute atomic E-state index is 7.70. The molecule has 0 fully saturated rings. The molecule has 0 radical (unpaired) electrons. The zero-order chi connectivity index (χ0) is 25.5. The minimum atomic E-state index is 0.204. The average molecular weight is 489 g/mol. The third-order valence-corrected chi connectivity index (χ3v) is 7.93. The third kappa shape index (κ3) is 2.58. The number of rotatable bonds is 2. The van der Waals surface area contributed by atoms with Crippen molar-refractivity contribution < 1.29 is 0 Å². The quantitative estimate of drug-likeness (QED) is 0.222. The van der Waals surface area contributed by atoms with E-state index in [1.165, 1.54) is 49.3 Å². The zero-order valence-corrected chi connectivity index (χ0v) is 21.2. The summed E-state index contributed by atoms with van der Waals surface area (Å²) in [6.45, 7) is 12.2. The number of aromatic nitrogens is 2. The Morgan fingerprint density at radius 1 is 0.605 bits per heavy atom. The smallest absolute Gasteiger partial charge is 0.189 e. The van der Waals surface area contributed by atoms with Crippen LogP contribution in [0.15, 0.2) is 103 Å². The van der Waals surface area contributed by atoms with Crippen LogP contribution < -0.4 is 4.90 Å². The predicted molar refractivity (Wildman–Crippen MR) is 159 cm³/mol. The van der Waals surface area contributed by atoms with Crippen LogP contribution in [0.3, 0.4) is 0 Å². The molecule has 0 aliphatic carbocycles. The lowest BCUT2D eigenvalue weighted by Crippen LogP contribution is -2.30. The molecule has 3 heterocycles. The highest BCUT2D eigenvalue weighted by molar-refractivity contribution is 6.27. The highest BCUT2D eigenvalue weighted by atomic mass is 15.2. The Bertz CT molecular complexity index is 2120. The van der Waals surface area contributed by atoms with Gasteiger partial charge in [-0.05, 0) is 56.3 Å². The maximum atomic E-state index is 7.70. The van der Waals surface area contributed by atoms with Crippen LogP contribution >= 0.6 is 0 Å². The van der Waals surface area contributed by atoms with Crippen molar-refractivity contribution in [3.63, 3.8) is 0 Å². The lowest BCUT2D eigenvalue weighted by molar-refractivity contribution is 0.783. The molecule has 0 unspecified atom stereocenters. The van der Waals surface area contributed by atoms with Crippen LogP contribution in [0.4, 0.5) is 17.1 Å². The minimum Gasteiger partial charge on any atom is -0.334 e. The summed E-state index contributed by atoms with van der Waals surface area (Å²) in [5.41, 5.74) is 9.98. The Kier molecular flexibility index (Phi) is 4.17. The monoisotopic (exact) mass is 488 g/mol. The molecule has 1 aliphatic heterocycles. The molecule has 0 spiro atoms. The number of fused-ring (bicyclic) bond motifs is 9. The summed E-state index contributed by atoms with van der Waals surface area (Å²) >= 11 is 0. The van der Waals surface area contributed by atoms with E-state index < -0.39 is 0 Å². The van der Waals surface area contributed by atoms with Crippen molar-refractivity contribution in [3.05, 3.63) is 115 Å². The summed E-state index contributed by atoms with van der Waals surface area (Å²) in [5, 5.41) is 4.97. The molecule has 0 saturated carbocycles. The van der Waals surface area contributed by atoms with Crippen LogP contribution in [0.25, 0.3) is 59.8 Å². The van der Waals surface area contributed by atoms with Crippen molar-refractivity contribution in [1.82, 2.24) is 9.13 Å². The molecule has 4 nitrogen and oxygen atoms in total.